The van der Waals surface area contributed by atoms with Gasteiger partial charge >= 0.3 is 0 Å². The van der Waals surface area contributed by atoms with Gasteiger partial charge < -0.3 is 14.5 Å². The van der Waals surface area contributed by atoms with Crippen molar-refractivity contribution in [2.24, 2.45) is 0 Å². The van der Waals surface area contributed by atoms with Gasteiger partial charge in [-0.2, -0.15) is 0 Å². The van der Waals surface area contributed by atoms with Crippen LogP contribution in [0.1, 0.15) is 62.9 Å². The Bertz CT molecular complexity index is 620. The van der Waals surface area contributed by atoms with Crippen molar-refractivity contribution in [1.82, 2.24) is 14.8 Å². The number of rotatable bonds is 4. The maximum Gasteiger partial charge on any atom is 0.273 e. The first-order valence-electron chi connectivity index (χ1n) is 9.82. The van der Waals surface area contributed by atoms with E-state index in [1.54, 1.807) is 11.3 Å². The second-order valence-electron chi connectivity index (χ2n) is 7.72. The Morgan fingerprint density at radius 2 is 2.04 bits per heavy atom. The lowest BCUT2D eigenvalue weighted by atomic mass is 9.90. The zero-order valence-electron chi connectivity index (χ0n) is 15.4. The number of piperidine rings is 1. The van der Waals surface area contributed by atoms with Crippen molar-refractivity contribution in [2.75, 3.05) is 13.1 Å². The first kappa shape index (κ1) is 17.3. The number of fused-ring (bicyclic) bond motifs is 1. The van der Waals surface area contributed by atoms with Gasteiger partial charge in [0.25, 0.3) is 5.19 Å². The van der Waals surface area contributed by atoms with Gasteiger partial charge in [-0.3, -0.25) is 4.79 Å². The average Bonchev–Trinajstić information content (AvgIpc) is 2.94. The number of hydrogen-bond acceptors (Lipinski definition) is 5. The average molecular weight is 364 g/mol. The molecule has 0 N–H and O–H groups in total. The van der Waals surface area contributed by atoms with Crippen molar-refractivity contribution in [2.45, 2.75) is 83.5 Å². The molecule has 2 fully saturated rings. The highest BCUT2D eigenvalue weighted by molar-refractivity contribution is 7.13. The van der Waals surface area contributed by atoms with Gasteiger partial charge in [-0.05, 0) is 32.6 Å². The maximum absolute atomic E-state index is 12.1. The van der Waals surface area contributed by atoms with E-state index in [-0.39, 0.29) is 11.9 Å². The van der Waals surface area contributed by atoms with E-state index < -0.39 is 0 Å². The Kier molecular flexibility index (Phi) is 5.00. The van der Waals surface area contributed by atoms with Crippen LogP contribution >= 0.6 is 11.3 Å². The Labute approximate surface area is 154 Å². The summed E-state index contributed by atoms with van der Waals surface area (Å²) in [7, 11) is 0. The van der Waals surface area contributed by atoms with Crippen LogP contribution in [-0.2, 0) is 17.8 Å². The van der Waals surface area contributed by atoms with Gasteiger partial charge in [-0.1, -0.05) is 24.7 Å². The standard InChI is InChI=1S/C19H29N3O2S/c1-3-18(23)22-12-17-16(11-13(22)2)20-19(25-17)24-15-7-9-21(10-8-15)14-5-4-6-14/h13-15H,3-12H2,1-2H3. The first-order chi connectivity index (χ1) is 12.1. The molecular formula is C19H29N3O2S. The minimum atomic E-state index is 0.234. The predicted molar refractivity (Wildman–Crippen MR) is 99.0 cm³/mol. The van der Waals surface area contributed by atoms with Gasteiger partial charge in [-0.25, -0.2) is 4.98 Å². The quantitative estimate of drug-likeness (QED) is 0.824. The first-order valence-corrected chi connectivity index (χ1v) is 10.6. The lowest BCUT2D eigenvalue weighted by molar-refractivity contribution is -0.133. The van der Waals surface area contributed by atoms with Crippen molar-refractivity contribution >= 4 is 17.2 Å². The van der Waals surface area contributed by atoms with Crippen LogP contribution in [0, 0.1) is 0 Å². The molecular weight excluding hydrogens is 334 g/mol. The fourth-order valence-corrected chi connectivity index (χ4v) is 5.19. The monoisotopic (exact) mass is 363 g/mol. The number of thiazole rings is 1. The molecule has 6 heteroatoms. The number of ether oxygens (including phenoxy) is 1. The molecule has 1 atom stereocenters. The fourth-order valence-electron chi connectivity index (χ4n) is 4.18. The summed E-state index contributed by atoms with van der Waals surface area (Å²) in [4.78, 5) is 22.7. The smallest absolute Gasteiger partial charge is 0.273 e. The molecule has 1 amide bonds. The van der Waals surface area contributed by atoms with Crippen LogP contribution in [0.25, 0.3) is 0 Å². The summed E-state index contributed by atoms with van der Waals surface area (Å²) in [6, 6.07) is 1.08. The minimum absolute atomic E-state index is 0.234. The predicted octanol–water partition coefficient (Wildman–Crippen LogP) is 3.22. The summed E-state index contributed by atoms with van der Waals surface area (Å²) in [6.45, 7) is 7.07. The lowest BCUT2D eigenvalue weighted by Crippen LogP contribution is -2.46. The number of carbonyl (C=O) groups excluding carboxylic acids is 1. The zero-order valence-corrected chi connectivity index (χ0v) is 16.2. The van der Waals surface area contributed by atoms with Gasteiger partial charge in [0.05, 0.1) is 17.1 Å². The highest BCUT2D eigenvalue weighted by Crippen LogP contribution is 2.34. The van der Waals surface area contributed by atoms with Crippen LogP contribution in [0.3, 0.4) is 0 Å². The van der Waals surface area contributed by atoms with Crippen LogP contribution < -0.4 is 4.74 Å². The fraction of sp³-hybridized carbons (Fsp3) is 0.789. The summed E-state index contributed by atoms with van der Waals surface area (Å²) < 4.78 is 6.22. The molecule has 3 heterocycles. The number of hydrogen-bond donors (Lipinski definition) is 0. The molecule has 5 nitrogen and oxygen atoms in total. The van der Waals surface area contributed by atoms with Gasteiger partial charge in [0.1, 0.15) is 6.10 Å². The molecule has 25 heavy (non-hydrogen) atoms. The van der Waals surface area contributed by atoms with Crippen molar-refractivity contribution < 1.29 is 9.53 Å². The Balaban J connectivity index is 1.35. The molecule has 1 aromatic heterocycles. The molecule has 4 rings (SSSR count). The summed E-state index contributed by atoms with van der Waals surface area (Å²) in [6.07, 6.45) is 8.11. The van der Waals surface area contributed by atoms with Gasteiger partial charge in [0.2, 0.25) is 5.91 Å². The number of likely N-dealkylation sites (tertiary alicyclic amines) is 1. The third-order valence-corrected chi connectivity index (χ3v) is 7.02. The van der Waals surface area contributed by atoms with E-state index in [4.69, 9.17) is 9.72 Å². The Morgan fingerprint density at radius 1 is 1.28 bits per heavy atom. The van der Waals surface area contributed by atoms with E-state index in [0.717, 1.165) is 49.3 Å². The number of amides is 1. The number of nitrogens with zero attached hydrogens (tertiary/aromatic N) is 3. The molecule has 0 bridgehead atoms. The highest BCUT2D eigenvalue weighted by Gasteiger charge is 2.32. The van der Waals surface area contributed by atoms with Crippen LogP contribution in [-0.4, -0.2) is 52.0 Å². The highest BCUT2D eigenvalue weighted by atomic mass is 32.1. The summed E-state index contributed by atoms with van der Waals surface area (Å²) >= 11 is 1.64. The lowest BCUT2D eigenvalue weighted by Gasteiger charge is -2.41. The number of aromatic nitrogens is 1. The van der Waals surface area contributed by atoms with E-state index in [0.29, 0.717) is 19.1 Å². The minimum Gasteiger partial charge on any atom is -0.467 e. The van der Waals surface area contributed by atoms with Crippen LogP contribution in [0.2, 0.25) is 0 Å². The van der Waals surface area contributed by atoms with E-state index in [9.17, 15) is 4.79 Å². The van der Waals surface area contributed by atoms with Crippen molar-refractivity contribution in [3.05, 3.63) is 10.6 Å². The molecule has 138 valence electrons. The second-order valence-corrected chi connectivity index (χ2v) is 8.76. The molecule has 1 aromatic rings. The van der Waals surface area contributed by atoms with E-state index in [2.05, 4.69) is 11.8 Å². The molecule has 1 unspecified atom stereocenters. The van der Waals surface area contributed by atoms with Gasteiger partial charge in [0.15, 0.2) is 0 Å². The van der Waals surface area contributed by atoms with E-state index in [1.807, 2.05) is 11.8 Å². The maximum atomic E-state index is 12.1. The molecule has 1 saturated heterocycles. The third kappa shape index (κ3) is 3.56. The zero-order chi connectivity index (χ0) is 17.4. The molecule has 1 saturated carbocycles. The summed E-state index contributed by atoms with van der Waals surface area (Å²) in [5.41, 5.74) is 1.14. The Hall–Kier alpha value is -1.14. The van der Waals surface area contributed by atoms with Crippen LogP contribution in [0.15, 0.2) is 0 Å². The normalized spacial score (nSPS) is 25.5. The molecule has 3 aliphatic rings. The molecule has 2 aliphatic heterocycles. The molecule has 1 aliphatic carbocycles. The summed E-state index contributed by atoms with van der Waals surface area (Å²) in [5.74, 6) is 0.234. The number of carbonyl (C=O) groups is 1. The molecule has 0 aromatic carbocycles. The molecule has 0 radical (unpaired) electrons. The van der Waals surface area contributed by atoms with Crippen molar-refractivity contribution in [3.63, 3.8) is 0 Å². The van der Waals surface area contributed by atoms with Crippen molar-refractivity contribution in [3.8, 4) is 5.19 Å². The van der Waals surface area contributed by atoms with Crippen molar-refractivity contribution in [1.29, 1.82) is 0 Å². The van der Waals surface area contributed by atoms with E-state index >= 15 is 0 Å². The van der Waals surface area contributed by atoms with Gasteiger partial charge in [0, 0.05) is 38.0 Å². The summed E-state index contributed by atoms with van der Waals surface area (Å²) in [5, 5.41) is 0.810. The topological polar surface area (TPSA) is 45.7 Å². The second kappa shape index (κ2) is 7.23. The third-order valence-electron chi connectivity index (χ3n) is 6.05. The largest absolute Gasteiger partial charge is 0.467 e. The SMILES string of the molecule is CCC(=O)N1Cc2sc(OC3CCN(C4CCC4)CC3)nc2CC1C. The van der Waals surface area contributed by atoms with Crippen LogP contribution in [0.4, 0.5) is 0 Å². The van der Waals surface area contributed by atoms with E-state index in [1.165, 1.54) is 24.1 Å². The Morgan fingerprint density at radius 3 is 2.68 bits per heavy atom. The van der Waals surface area contributed by atoms with Gasteiger partial charge in [-0.15, -0.1) is 0 Å². The molecule has 0 spiro atoms. The van der Waals surface area contributed by atoms with Crippen LogP contribution in [0.5, 0.6) is 5.19 Å².